The van der Waals surface area contributed by atoms with Crippen molar-refractivity contribution in [2.24, 2.45) is 5.92 Å². The average molecular weight is 140 g/mol. The summed E-state index contributed by atoms with van der Waals surface area (Å²) in [5.41, 5.74) is 0. The lowest BCUT2D eigenvalue weighted by molar-refractivity contribution is -0.115. The van der Waals surface area contributed by atoms with Gasteiger partial charge in [0.1, 0.15) is 0 Å². The van der Waals surface area contributed by atoms with Gasteiger partial charge in [0.15, 0.2) is 5.78 Å². The van der Waals surface area contributed by atoms with Crippen molar-refractivity contribution in [1.82, 2.24) is 0 Å². The summed E-state index contributed by atoms with van der Waals surface area (Å²) in [5.74, 6) is 0.650. The number of hydrogen-bond donors (Lipinski definition) is 1. The first kappa shape index (κ1) is 7.48. The monoisotopic (exact) mass is 140 g/mol. The molecule has 1 unspecified atom stereocenters. The van der Waals surface area contributed by atoms with E-state index < -0.39 is 0 Å². The van der Waals surface area contributed by atoms with E-state index in [0.717, 1.165) is 12.8 Å². The molecule has 0 heterocycles. The molecule has 0 bridgehead atoms. The Morgan fingerprint density at radius 2 is 2.50 bits per heavy atom. The lowest BCUT2D eigenvalue weighted by atomic mass is 9.93. The lowest BCUT2D eigenvalue weighted by Crippen LogP contribution is -2.08. The SMILES string of the molecule is O=C1C=CC(CCO)CC1. The van der Waals surface area contributed by atoms with Crippen LogP contribution >= 0.6 is 0 Å². The first-order valence-corrected chi connectivity index (χ1v) is 3.65. The molecule has 10 heavy (non-hydrogen) atoms. The second kappa shape index (κ2) is 3.52. The Hall–Kier alpha value is -0.630. The van der Waals surface area contributed by atoms with E-state index in [-0.39, 0.29) is 12.4 Å². The standard InChI is InChI=1S/C8H12O2/c9-6-5-7-1-3-8(10)4-2-7/h1,3,7,9H,2,4-6H2. The van der Waals surface area contributed by atoms with Crippen molar-refractivity contribution in [3.8, 4) is 0 Å². The van der Waals surface area contributed by atoms with Crippen molar-refractivity contribution in [1.29, 1.82) is 0 Å². The molecule has 56 valence electrons. The molecule has 0 aromatic carbocycles. The summed E-state index contributed by atoms with van der Waals surface area (Å²) in [6, 6.07) is 0. The minimum atomic E-state index is 0.217. The van der Waals surface area contributed by atoms with Crippen molar-refractivity contribution in [3.63, 3.8) is 0 Å². The third-order valence-corrected chi connectivity index (χ3v) is 1.82. The molecule has 2 heteroatoms. The highest BCUT2D eigenvalue weighted by molar-refractivity contribution is 5.90. The zero-order valence-corrected chi connectivity index (χ0v) is 5.92. The van der Waals surface area contributed by atoms with Crippen LogP contribution in [-0.2, 0) is 4.79 Å². The van der Waals surface area contributed by atoms with Gasteiger partial charge in [-0.2, -0.15) is 0 Å². The van der Waals surface area contributed by atoms with Gasteiger partial charge in [-0.15, -0.1) is 0 Å². The molecular formula is C8H12O2. The van der Waals surface area contributed by atoms with Gasteiger partial charge in [-0.25, -0.2) is 0 Å². The number of carbonyl (C=O) groups excluding carboxylic acids is 1. The van der Waals surface area contributed by atoms with Crippen LogP contribution in [0.1, 0.15) is 19.3 Å². The third-order valence-electron chi connectivity index (χ3n) is 1.82. The zero-order valence-electron chi connectivity index (χ0n) is 5.92. The number of aliphatic hydroxyl groups excluding tert-OH is 1. The molecule has 2 nitrogen and oxygen atoms in total. The van der Waals surface area contributed by atoms with E-state index in [1.54, 1.807) is 6.08 Å². The van der Waals surface area contributed by atoms with Crippen LogP contribution in [0.15, 0.2) is 12.2 Å². The maximum atomic E-state index is 10.7. The normalized spacial score (nSPS) is 25.3. The van der Waals surface area contributed by atoms with Crippen LogP contribution in [0.2, 0.25) is 0 Å². The van der Waals surface area contributed by atoms with Gasteiger partial charge >= 0.3 is 0 Å². The van der Waals surface area contributed by atoms with E-state index in [2.05, 4.69) is 0 Å². The fraction of sp³-hybridized carbons (Fsp3) is 0.625. The number of aliphatic hydroxyl groups is 1. The molecule has 0 aromatic rings. The summed E-state index contributed by atoms with van der Waals surface area (Å²) in [6.07, 6.45) is 5.90. The van der Waals surface area contributed by atoms with Gasteiger partial charge in [0.25, 0.3) is 0 Å². The Morgan fingerprint density at radius 1 is 1.70 bits per heavy atom. The van der Waals surface area contributed by atoms with Crippen LogP contribution in [0.25, 0.3) is 0 Å². The molecule has 0 saturated carbocycles. The lowest BCUT2D eigenvalue weighted by Gasteiger charge is -2.13. The van der Waals surface area contributed by atoms with Crippen molar-refractivity contribution in [2.75, 3.05) is 6.61 Å². The summed E-state index contributed by atoms with van der Waals surface area (Å²) < 4.78 is 0. The Morgan fingerprint density at radius 3 is 3.00 bits per heavy atom. The second-order valence-electron chi connectivity index (χ2n) is 2.64. The van der Waals surface area contributed by atoms with Gasteiger partial charge in [0, 0.05) is 13.0 Å². The van der Waals surface area contributed by atoms with Crippen molar-refractivity contribution in [2.45, 2.75) is 19.3 Å². The van der Waals surface area contributed by atoms with E-state index in [9.17, 15) is 4.79 Å². The molecule has 1 aliphatic rings. The highest BCUT2D eigenvalue weighted by atomic mass is 16.3. The average Bonchev–Trinajstić information content (AvgIpc) is 1.95. The smallest absolute Gasteiger partial charge is 0.155 e. The predicted molar refractivity (Wildman–Crippen MR) is 38.6 cm³/mol. The molecule has 0 spiro atoms. The van der Waals surface area contributed by atoms with Gasteiger partial charge in [-0.05, 0) is 24.8 Å². The fourth-order valence-corrected chi connectivity index (χ4v) is 1.16. The van der Waals surface area contributed by atoms with E-state index in [0.29, 0.717) is 12.3 Å². The van der Waals surface area contributed by atoms with Crippen molar-refractivity contribution < 1.29 is 9.90 Å². The molecule has 0 aromatic heterocycles. The number of ketones is 1. The van der Waals surface area contributed by atoms with Crippen LogP contribution < -0.4 is 0 Å². The third kappa shape index (κ3) is 1.95. The number of rotatable bonds is 2. The Kier molecular flexibility index (Phi) is 2.63. The van der Waals surface area contributed by atoms with Gasteiger partial charge < -0.3 is 5.11 Å². The molecule has 0 saturated heterocycles. The quantitative estimate of drug-likeness (QED) is 0.618. The van der Waals surface area contributed by atoms with Crippen molar-refractivity contribution in [3.05, 3.63) is 12.2 Å². The molecule has 1 rings (SSSR count). The van der Waals surface area contributed by atoms with Gasteiger partial charge in [0.2, 0.25) is 0 Å². The van der Waals surface area contributed by atoms with E-state index in [1.807, 2.05) is 6.08 Å². The topological polar surface area (TPSA) is 37.3 Å². The maximum absolute atomic E-state index is 10.7. The summed E-state index contributed by atoms with van der Waals surface area (Å²) in [4.78, 5) is 10.7. The van der Waals surface area contributed by atoms with Crippen LogP contribution in [0.4, 0.5) is 0 Å². The van der Waals surface area contributed by atoms with E-state index in [4.69, 9.17) is 5.11 Å². The van der Waals surface area contributed by atoms with Crippen LogP contribution in [0.3, 0.4) is 0 Å². The molecule has 1 aliphatic carbocycles. The van der Waals surface area contributed by atoms with E-state index in [1.165, 1.54) is 0 Å². The zero-order chi connectivity index (χ0) is 7.40. The van der Waals surface area contributed by atoms with Crippen LogP contribution in [0.5, 0.6) is 0 Å². The predicted octanol–water partition coefficient (Wildman–Crippen LogP) is 0.904. The summed E-state index contributed by atoms with van der Waals surface area (Å²) in [6.45, 7) is 0.225. The Bertz CT molecular complexity index is 149. The van der Waals surface area contributed by atoms with Crippen LogP contribution in [-0.4, -0.2) is 17.5 Å². The number of carbonyl (C=O) groups is 1. The Balaban J connectivity index is 2.37. The first-order chi connectivity index (χ1) is 4.83. The summed E-state index contributed by atoms with van der Waals surface area (Å²) >= 11 is 0. The first-order valence-electron chi connectivity index (χ1n) is 3.65. The second-order valence-corrected chi connectivity index (χ2v) is 2.64. The molecule has 1 atom stereocenters. The molecule has 0 amide bonds. The van der Waals surface area contributed by atoms with Gasteiger partial charge in [-0.1, -0.05) is 6.08 Å². The molecule has 0 aliphatic heterocycles. The number of allylic oxidation sites excluding steroid dienone is 2. The summed E-state index contributed by atoms with van der Waals surface area (Å²) in [7, 11) is 0. The number of hydrogen-bond acceptors (Lipinski definition) is 2. The van der Waals surface area contributed by atoms with Crippen molar-refractivity contribution >= 4 is 5.78 Å². The Labute approximate surface area is 60.6 Å². The molecular weight excluding hydrogens is 128 g/mol. The van der Waals surface area contributed by atoms with Crippen LogP contribution in [0, 0.1) is 5.92 Å². The molecule has 1 N–H and O–H groups in total. The molecule has 0 fully saturated rings. The van der Waals surface area contributed by atoms with Gasteiger partial charge in [-0.3, -0.25) is 4.79 Å². The molecule has 0 radical (unpaired) electrons. The van der Waals surface area contributed by atoms with E-state index >= 15 is 0 Å². The maximum Gasteiger partial charge on any atom is 0.155 e. The fourth-order valence-electron chi connectivity index (χ4n) is 1.16. The largest absolute Gasteiger partial charge is 0.396 e. The highest BCUT2D eigenvalue weighted by Crippen LogP contribution is 2.17. The minimum absolute atomic E-state index is 0.217. The minimum Gasteiger partial charge on any atom is -0.396 e. The van der Waals surface area contributed by atoms with Gasteiger partial charge in [0.05, 0.1) is 0 Å². The highest BCUT2D eigenvalue weighted by Gasteiger charge is 2.11. The summed E-state index contributed by atoms with van der Waals surface area (Å²) in [5, 5.41) is 8.57.